The number of hydrogen-bond donors (Lipinski definition) is 0. The average Bonchev–Trinajstić information content (AvgIpc) is 2.76. The van der Waals surface area contributed by atoms with E-state index in [1.54, 1.807) is 0 Å². The molecular weight excluding hydrogens is 499 g/mol. The van der Waals surface area contributed by atoms with Gasteiger partial charge in [-0.3, -0.25) is 0 Å². The van der Waals surface area contributed by atoms with E-state index in [-0.39, 0.29) is 27.3 Å². The molecule has 1 heterocycles. The number of para-hydroxylation sites is 1. The summed E-state index contributed by atoms with van der Waals surface area (Å²) < 4.78 is 0. The van der Waals surface area contributed by atoms with Gasteiger partial charge in [0.2, 0.25) is 0 Å². The van der Waals surface area contributed by atoms with Crippen molar-refractivity contribution < 1.29 is 16.5 Å². The van der Waals surface area contributed by atoms with Crippen LogP contribution in [0.25, 0.3) is 0 Å². The minimum Gasteiger partial charge on any atom is -0.355 e. The number of benzene rings is 2. The molecule has 0 unspecified atom stereocenters. The van der Waals surface area contributed by atoms with Crippen molar-refractivity contribution in [2.75, 3.05) is 27.2 Å². The van der Waals surface area contributed by atoms with E-state index in [1.807, 2.05) is 0 Å². The fourth-order valence-electron chi connectivity index (χ4n) is 4.71. The predicted molar refractivity (Wildman–Crippen MR) is 158 cm³/mol. The maximum absolute atomic E-state index is 5.40. The van der Waals surface area contributed by atoms with E-state index in [2.05, 4.69) is 130 Å². The predicted octanol–water partition coefficient (Wildman–Crippen LogP) is 8.16. The number of hydrogen-bond acceptors (Lipinski definition) is 2. The molecule has 0 radical (unpaired) electrons. The first-order valence-corrected chi connectivity index (χ1v) is 13.5. The quantitative estimate of drug-likeness (QED) is 0.362. The van der Waals surface area contributed by atoms with Crippen LogP contribution in [0, 0.1) is 0 Å². The van der Waals surface area contributed by atoms with Crippen molar-refractivity contribution in [3.8, 4) is 0 Å². The molecule has 5 heteroatoms. The zero-order chi connectivity index (χ0) is 27.0. The van der Waals surface area contributed by atoms with Crippen LogP contribution >= 0.6 is 0 Å². The first kappa shape index (κ1) is 31.1. The Labute approximate surface area is 236 Å². The van der Waals surface area contributed by atoms with Gasteiger partial charge in [-0.05, 0) is 51.0 Å². The Morgan fingerprint density at radius 3 is 1.62 bits per heavy atom. The first-order chi connectivity index (χ1) is 16.6. The van der Waals surface area contributed by atoms with Crippen molar-refractivity contribution in [2.24, 2.45) is 9.98 Å². The molecule has 1 aliphatic rings. The van der Waals surface area contributed by atoms with Crippen molar-refractivity contribution in [2.45, 2.75) is 91.9 Å². The molecule has 4 nitrogen and oxygen atoms in total. The Morgan fingerprint density at radius 1 is 0.703 bits per heavy atom. The topological polar surface area (TPSA) is 31.2 Å². The van der Waals surface area contributed by atoms with E-state index in [0.29, 0.717) is 11.8 Å². The smallest absolute Gasteiger partial charge is 0.172 e. The second-order valence-corrected chi connectivity index (χ2v) is 13.0. The van der Waals surface area contributed by atoms with Gasteiger partial charge in [-0.25, -0.2) is 9.98 Å². The third kappa shape index (κ3) is 7.05. The fraction of sp³-hybridized carbons (Fsp3) is 0.562. The van der Waals surface area contributed by atoms with E-state index in [4.69, 9.17) is 9.98 Å². The summed E-state index contributed by atoms with van der Waals surface area (Å²) in [6.07, 6.45) is 0. The van der Waals surface area contributed by atoms with Crippen molar-refractivity contribution >= 4 is 23.0 Å². The Hall–Kier alpha value is -2.13. The van der Waals surface area contributed by atoms with Gasteiger partial charge < -0.3 is 9.80 Å². The summed E-state index contributed by atoms with van der Waals surface area (Å²) in [5.41, 5.74) is 7.33. The third-order valence-electron chi connectivity index (χ3n) is 7.15. The summed E-state index contributed by atoms with van der Waals surface area (Å²) in [4.78, 5) is 15.3. The van der Waals surface area contributed by atoms with Crippen LogP contribution in [0.15, 0.2) is 46.4 Å². The standard InChI is InChI=1S/C32H48N4.Ni/c1-21(2)24-14-13-15-25(22(3)4)28(24)34-30-29(35(11)18-19-36(30)12)33-27-20-23(31(5,6)7)16-17-26(27)32(8,9)10;/h13-17,20-22H,18-19H2,1-12H3;. The minimum atomic E-state index is -0.0126. The van der Waals surface area contributed by atoms with Crippen LogP contribution in [0.2, 0.25) is 0 Å². The summed E-state index contributed by atoms with van der Waals surface area (Å²) >= 11 is 0. The largest absolute Gasteiger partial charge is 0.355 e. The van der Waals surface area contributed by atoms with E-state index in [0.717, 1.165) is 36.1 Å². The molecule has 0 spiro atoms. The molecule has 0 amide bonds. The Kier molecular flexibility index (Phi) is 9.85. The van der Waals surface area contributed by atoms with Crippen LogP contribution in [-0.2, 0) is 27.3 Å². The fourth-order valence-corrected chi connectivity index (χ4v) is 4.71. The summed E-state index contributed by atoms with van der Waals surface area (Å²) in [5.74, 6) is 2.67. The third-order valence-corrected chi connectivity index (χ3v) is 7.15. The summed E-state index contributed by atoms with van der Waals surface area (Å²) in [6.45, 7) is 24.4. The van der Waals surface area contributed by atoms with Gasteiger partial charge in [0, 0.05) is 43.7 Å². The van der Waals surface area contributed by atoms with Gasteiger partial charge >= 0.3 is 0 Å². The Balaban J connectivity index is 0.00000481. The maximum atomic E-state index is 5.40. The summed E-state index contributed by atoms with van der Waals surface area (Å²) in [7, 11) is 4.29. The number of nitrogens with zero attached hydrogens (tertiary/aromatic N) is 4. The number of rotatable bonds is 4. The van der Waals surface area contributed by atoms with Crippen molar-refractivity contribution in [1.82, 2.24) is 9.80 Å². The van der Waals surface area contributed by atoms with Gasteiger partial charge in [0.1, 0.15) is 0 Å². The van der Waals surface area contributed by atoms with Crippen LogP contribution in [0.5, 0.6) is 0 Å². The molecule has 1 fully saturated rings. The summed E-state index contributed by atoms with van der Waals surface area (Å²) in [5, 5.41) is 0. The molecule has 0 atom stereocenters. The number of likely N-dealkylation sites (N-methyl/N-ethyl adjacent to an activating group) is 2. The molecule has 0 aromatic heterocycles. The number of amidine groups is 2. The second kappa shape index (κ2) is 11.7. The molecule has 2 aromatic carbocycles. The van der Waals surface area contributed by atoms with E-state index in [9.17, 15) is 0 Å². The van der Waals surface area contributed by atoms with Crippen molar-refractivity contribution in [3.05, 3.63) is 58.7 Å². The Morgan fingerprint density at radius 2 is 1.19 bits per heavy atom. The molecule has 37 heavy (non-hydrogen) atoms. The molecule has 1 aliphatic heterocycles. The van der Waals surface area contributed by atoms with E-state index < -0.39 is 0 Å². The van der Waals surface area contributed by atoms with Gasteiger partial charge in [0.05, 0.1) is 11.4 Å². The number of aliphatic imine (C=N–C) groups is 2. The molecular formula is C32H48N4Ni. The van der Waals surface area contributed by atoms with Crippen molar-refractivity contribution in [3.63, 3.8) is 0 Å². The first-order valence-electron chi connectivity index (χ1n) is 13.5. The second-order valence-electron chi connectivity index (χ2n) is 13.0. The molecule has 0 N–H and O–H groups in total. The van der Waals surface area contributed by atoms with Gasteiger partial charge in [-0.15, -0.1) is 0 Å². The van der Waals surface area contributed by atoms with Crippen LogP contribution in [0.4, 0.5) is 11.4 Å². The molecule has 0 bridgehead atoms. The minimum absolute atomic E-state index is 0. The van der Waals surface area contributed by atoms with Crippen molar-refractivity contribution in [1.29, 1.82) is 0 Å². The van der Waals surface area contributed by atoms with Gasteiger partial charge in [0.15, 0.2) is 11.7 Å². The average molecular weight is 547 g/mol. The normalized spacial score (nSPS) is 17.2. The SMILES string of the molecule is CC(C)c1cccc(C(C)C)c1N=C1C(=Nc2cc(C(C)(C)C)ccc2C(C)(C)C)N(C)CCN1C.[Ni]. The van der Waals surface area contributed by atoms with Gasteiger partial charge in [-0.2, -0.15) is 0 Å². The molecule has 0 aliphatic carbocycles. The molecule has 206 valence electrons. The summed E-state index contributed by atoms with van der Waals surface area (Å²) in [6, 6.07) is 13.5. The monoisotopic (exact) mass is 546 g/mol. The molecule has 1 saturated heterocycles. The molecule has 3 rings (SSSR count). The zero-order valence-corrected chi connectivity index (χ0v) is 26.1. The van der Waals surface area contributed by atoms with Gasteiger partial charge in [-0.1, -0.05) is 99.6 Å². The number of piperazine rings is 1. The van der Waals surface area contributed by atoms with Crippen LogP contribution in [0.3, 0.4) is 0 Å². The van der Waals surface area contributed by atoms with Crippen LogP contribution < -0.4 is 0 Å². The molecule has 0 saturated carbocycles. The zero-order valence-electron chi connectivity index (χ0n) is 25.1. The maximum Gasteiger partial charge on any atom is 0.172 e. The Bertz CT molecular complexity index is 1120. The molecule has 2 aromatic rings. The van der Waals surface area contributed by atoms with E-state index >= 15 is 0 Å². The van der Waals surface area contributed by atoms with E-state index in [1.165, 1.54) is 22.3 Å². The van der Waals surface area contributed by atoms with Gasteiger partial charge in [0.25, 0.3) is 0 Å². The van der Waals surface area contributed by atoms with Crippen LogP contribution in [-0.4, -0.2) is 48.7 Å². The van der Waals surface area contributed by atoms with Crippen LogP contribution in [0.1, 0.15) is 103 Å².